The van der Waals surface area contributed by atoms with E-state index in [1.165, 1.54) is 0 Å². The fourth-order valence-electron chi connectivity index (χ4n) is 1.89. The van der Waals surface area contributed by atoms with Crippen LogP contribution in [0, 0.1) is 5.92 Å². The van der Waals surface area contributed by atoms with E-state index in [-0.39, 0.29) is 0 Å². The zero-order valence-corrected chi connectivity index (χ0v) is 11.8. The minimum Gasteiger partial charge on any atom is -0.468 e. The lowest BCUT2D eigenvalue weighted by Gasteiger charge is -2.23. The Morgan fingerprint density at radius 3 is 2.83 bits per heavy atom. The van der Waals surface area contributed by atoms with Gasteiger partial charge in [0.05, 0.1) is 19.4 Å². The van der Waals surface area contributed by atoms with E-state index in [0.29, 0.717) is 5.92 Å². The molecule has 0 amide bonds. The molecule has 1 heterocycles. The van der Waals surface area contributed by atoms with E-state index in [1.54, 1.807) is 13.4 Å². The zero-order valence-electron chi connectivity index (χ0n) is 11.8. The van der Waals surface area contributed by atoms with Gasteiger partial charge in [0.2, 0.25) is 0 Å². The van der Waals surface area contributed by atoms with Gasteiger partial charge in [0.1, 0.15) is 5.76 Å². The predicted octanol–water partition coefficient (Wildman–Crippen LogP) is 1.97. The lowest BCUT2D eigenvalue weighted by molar-refractivity contribution is 0.140. The molecule has 4 heteroatoms. The molecule has 104 valence electrons. The van der Waals surface area contributed by atoms with Crippen molar-refractivity contribution >= 4 is 0 Å². The average Bonchev–Trinajstić information content (AvgIpc) is 2.83. The van der Waals surface area contributed by atoms with Crippen LogP contribution in [0.1, 0.15) is 19.6 Å². The van der Waals surface area contributed by atoms with E-state index >= 15 is 0 Å². The molecule has 0 fully saturated rings. The molecule has 0 radical (unpaired) electrons. The number of hydrogen-bond acceptors (Lipinski definition) is 4. The van der Waals surface area contributed by atoms with Gasteiger partial charge < -0.3 is 14.5 Å². The van der Waals surface area contributed by atoms with E-state index in [4.69, 9.17) is 9.15 Å². The summed E-state index contributed by atoms with van der Waals surface area (Å²) in [7, 11) is 1.75. The number of rotatable bonds is 10. The van der Waals surface area contributed by atoms with E-state index in [1.807, 2.05) is 12.1 Å². The molecule has 0 spiro atoms. The average molecular weight is 254 g/mol. The maximum absolute atomic E-state index is 5.27. The summed E-state index contributed by atoms with van der Waals surface area (Å²) in [4.78, 5) is 2.43. The number of hydrogen-bond donors (Lipinski definition) is 1. The smallest absolute Gasteiger partial charge is 0.117 e. The summed E-state index contributed by atoms with van der Waals surface area (Å²) in [6, 6.07) is 3.91. The van der Waals surface area contributed by atoms with Crippen LogP contribution in [0.15, 0.2) is 22.8 Å². The first kappa shape index (κ1) is 15.2. The number of furan rings is 1. The number of nitrogens with one attached hydrogen (secondary N) is 1. The van der Waals surface area contributed by atoms with Gasteiger partial charge in [-0.25, -0.2) is 0 Å². The van der Waals surface area contributed by atoms with Crippen molar-refractivity contribution in [1.82, 2.24) is 10.2 Å². The summed E-state index contributed by atoms with van der Waals surface area (Å²) >= 11 is 0. The second-order valence-corrected chi connectivity index (χ2v) is 4.94. The summed E-state index contributed by atoms with van der Waals surface area (Å²) in [5, 5.41) is 3.39. The number of nitrogens with zero attached hydrogens (tertiary/aromatic N) is 1. The minimum atomic E-state index is 0.687. The summed E-state index contributed by atoms with van der Waals surface area (Å²) in [5.41, 5.74) is 0. The van der Waals surface area contributed by atoms with Gasteiger partial charge in [-0.15, -0.1) is 0 Å². The fraction of sp³-hybridized carbons (Fsp3) is 0.714. The highest BCUT2D eigenvalue weighted by molar-refractivity contribution is 4.97. The van der Waals surface area contributed by atoms with Crippen LogP contribution < -0.4 is 5.32 Å². The summed E-state index contributed by atoms with van der Waals surface area (Å²) in [5.74, 6) is 1.68. The molecule has 0 aliphatic rings. The standard InChI is InChI=1S/C14H26N2O2/c1-13(2)12-16(8-10-17-3)7-6-15-11-14-5-4-9-18-14/h4-5,9,13,15H,6-8,10-12H2,1-3H3. The van der Waals surface area contributed by atoms with Gasteiger partial charge in [0, 0.05) is 33.3 Å². The molecule has 0 saturated heterocycles. The Bertz CT molecular complexity index is 286. The monoisotopic (exact) mass is 254 g/mol. The SMILES string of the molecule is COCCN(CCNCc1ccco1)CC(C)C. The first-order chi connectivity index (χ1) is 8.72. The summed E-state index contributed by atoms with van der Waals surface area (Å²) in [6.45, 7) is 10.2. The second kappa shape index (κ2) is 9.14. The summed E-state index contributed by atoms with van der Waals surface area (Å²) in [6.07, 6.45) is 1.71. The van der Waals surface area contributed by atoms with Crippen molar-refractivity contribution in [3.63, 3.8) is 0 Å². The van der Waals surface area contributed by atoms with E-state index in [2.05, 4.69) is 24.1 Å². The van der Waals surface area contributed by atoms with Crippen LogP contribution in [0.2, 0.25) is 0 Å². The van der Waals surface area contributed by atoms with Crippen LogP contribution in [0.25, 0.3) is 0 Å². The molecule has 0 saturated carbocycles. The molecule has 4 nitrogen and oxygen atoms in total. The van der Waals surface area contributed by atoms with Crippen molar-refractivity contribution < 1.29 is 9.15 Å². The molecule has 0 atom stereocenters. The third-order valence-electron chi connectivity index (χ3n) is 2.72. The van der Waals surface area contributed by atoms with Crippen LogP contribution in [0.3, 0.4) is 0 Å². The van der Waals surface area contributed by atoms with E-state index in [0.717, 1.165) is 45.1 Å². The van der Waals surface area contributed by atoms with Gasteiger partial charge in [0.25, 0.3) is 0 Å². The molecule has 0 aliphatic heterocycles. The molecule has 1 N–H and O–H groups in total. The Morgan fingerprint density at radius 2 is 2.22 bits per heavy atom. The Morgan fingerprint density at radius 1 is 1.39 bits per heavy atom. The molecule has 1 aromatic heterocycles. The maximum atomic E-state index is 5.27. The van der Waals surface area contributed by atoms with Crippen molar-refractivity contribution in [1.29, 1.82) is 0 Å². The lowest BCUT2D eigenvalue weighted by Crippen LogP contribution is -2.36. The van der Waals surface area contributed by atoms with Gasteiger partial charge in [0.15, 0.2) is 0 Å². The van der Waals surface area contributed by atoms with Gasteiger partial charge in [-0.2, -0.15) is 0 Å². The van der Waals surface area contributed by atoms with Crippen molar-refractivity contribution in [2.24, 2.45) is 5.92 Å². The minimum absolute atomic E-state index is 0.687. The van der Waals surface area contributed by atoms with Crippen LogP contribution in [-0.4, -0.2) is 44.8 Å². The second-order valence-electron chi connectivity index (χ2n) is 4.94. The normalized spacial score (nSPS) is 11.6. The Balaban J connectivity index is 2.15. The Hall–Kier alpha value is -0.840. The van der Waals surface area contributed by atoms with Gasteiger partial charge >= 0.3 is 0 Å². The van der Waals surface area contributed by atoms with E-state index in [9.17, 15) is 0 Å². The third-order valence-corrected chi connectivity index (χ3v) is 2.72. The van der Waals surface area contributed by atoms with Gasteiger partial charge in [-0.1, -0.05) is 13.8 Å². The molecule has 0 aliphatic carbocycles. The summed E-state index contributed by atoms with van der Waals surface area (Å²) < 4.78 is 10.4. The van der Waals surface area contributed by atoms with Crippen LogP contribution >= 0.6 is 0 Å². The first-order valence-corrected chi connectivity index (χ1v) is 6.66. The molecule has 0 bridgehead atoms. The Labute approximate surface area is 110 Å². The molecule has 18 heavy (non-hydrogen) atoms. The van der Waals surface area contributed by atoms with Crippen molar-refractivity contribution in [2.75, 3.05) is 39.9 Å². The maximum Gasteiger partial charge on any atom is 0.117 e. The molecule has 1 rings (SSSR count). The molecular formula is C14H26N2O2. The molecule has 1 aromatic rings. The molecule has 0 unspecified atom stereocenters. The van der Waals surface area contributed by atoms with Crippen molar-refractivity contribution in [3.8, 4) is 0 Å². The topological polar surface area (TPSA) is 37.6 Å². The number of ether oxygens (including phenoxy) is 1. The first-order valence-electron chi connectivity index (χ1n) is 6.66. The highest BCUT2D eigenvalue weighted by atomic mass is 16.5. The van der Waals surface area contributed by atoms with Crippen LogP contribution in [-0.2, 0) is 11.3 Å². The fourth-order valence-corrected chi connectivity index (χ4v) is 1.89. The largest absolute Gasteiger partial charge is 0.468 e. The Kier molecular flexibility index (Phi) is 7.73. The third kappa shape index (κ3) is 6.79. The van der Waals surface area contributed by atoms with Crippen LogP contribution in [0.5, 0.6) is 0 Å². The van der Waals surface area contributed by atoms with Crippen molar-refractivity contribution in [3.05, 3.63) is 24.2 Å². The lowest BCUT2D eigenvalue weighted by atomic mass is 10.2. The van der Waals surface area contributed by atoms with Gasteiger partial charge in [-0.3, -0.25) is 4.90 Å². The number of methoxy groups -OCH3 is 1. The van der Waals surface area contributed by atoms with Gasteiger partial charge in [-0.05, 0) is 18.1 Å². The van der Waals surface area contributed by atoms with Crippen molar-refractivity contribution in [2.45, 2.75) is 20.4 Å². The highest BCUT2D eigenvalue weighted by Crippen LogP contribution is 2.00. The van der Waals surface area contributed by atoms with E-state index < -0.39 is 0 Å². The highest BCUT2D eigenvalue weighted by Gasteiger charge is 2.06. The molecular weight excluding hydrogens is 228 g/mol. The van der Waals surface area contributed by atoms with Crippen LogP contribution in [0.4, 0.5) is 0 Å². The predicted molar refractivity (Wildman–Crippen MR) is 73.6 cm³/mol. The molecule has 0 aromatic carbocycles. The quantitative estimate of drug-likeness (QED) is 0.648. The zero-order chi connectivity index (χ0) is 13.2.